The SMILES string of the molecule is CC(C)C(OC(=O)Nn1ccnc1)C(=O)O. The van der Waals surface area contributed by atoms with Crippen LogP contribution in [0.5, 0.6) is 0 Å². The van der Waals surface area contributed by atoms with Crippen molar-refractivity contribution >= 4 is 12.1 Å². The van der Waals surface area contributed by atoms with Crippen LogP contribution >= 0.6 is 0 Å². The normalized spacial score (nSPS) is 12.2. The number of carboxylic acids is 1. The molecule has 16 heavy (non-hydrogen) atoms. The van der Waals surface area contributed by atoms with E-state index in [4.69, 9.17) is 9.84 Å². The Labute approximate surface area is 92.0 Å². The lowest BCUT2D eigenvalue weighted by atomic mass is 10.1. The van der Waals surface area contributed by atoms with E-state index < -0.39 is 18.2 Å². The number of aliphatic carboxylic acids is 1. The van der Waals surface area contributed by atoms with Gasteiger partial charge in [-0.25, -0.2) is 24.7 Å². The van der Waals surface area contributed by atoms with Crippen molar-refractivity contribution in [1.29, 1.82) is 0 Å². The summed E-state index contributed by atoms with van der Waals surface area (Å²) in [4.78, 5) is 25.7. The van der Waals surface area contributed by atoms with Crippen LogP contribution in [-0.2, 0) is 9.53 Å². The van der Waals surface area contributed by atoms with Gasteiger partial charge < -0.3 is 9.84 Å². The zero-order valence-electron chi connectivity index (χ0n) is 8.95. The molecule has 7 nitrogen and oxygen atoms in total. The van der Waals surface area contributed by atoms with Crippen molar-refractivity contribution in [2.45, 2.75) is 20.0 Å². The lowest BCUT2D eigenvalue weighted by molar-refractivity contribution is -0.148. The third-order valence-corrected chi connectivity index (χ3v) is 1.81. The van der Waals surface area contributed by atoms with E-state index in [1.165, 1.54) is 23.4 Å². The number of hydrogen-bond acceptors (Lipinski definition) is 4. The third-order valence-electron chi connectivity index (χ3n) is 1.81. The molecule has 0 aliphatic carbocycles. The van der Waals surface area contributed by atoms with E-state index in [2.05, 4.69) is 10.4 Å². The fourth-order valence-electron chi connectivity index (χ4n) is 1.04. The quantitative estimate of drug-likeness (QED) is 0.788. The van der Waals surface area contributed by atoms with Gasteiger partial charge >= 0.3 is 12.1 Å². The third kappa shape index (κ3) is 3.26. The summed E-state index contributed by atoms with van der Waals surface area (Å²) >= 11 is 0. The number of hydrogen-bond donors (Lipinski definition) is 2. The van der Waals surface area contributed by atoms with Gasteiger partial charge in [0, 0.05) is 18.3 Å². The first kappa shape index (κ1) is 12.0. The van der Waals surface area contributed by atoms with Crippen LogP contribution in [0.15, 0.2) is 18.7 Å². The average molecular weight is 227 g/mol. The Bertz CT molecular complexity index is 361. The average Bonchev–Trinajstić information content (AvgIpc) is 2.65. The Morgan fingerprint density at radius 3 is 2.62 bits per heavy atom. The maximum atomic E-state index is 11.3. The standard InChI is InChI=1S/C9H13N3O4/c1-6(2)7(8(13)14)16-9(15)11-12-4-3-10-5-12/h3-7H,1-2H3,(H,11,15)(H,13,14). The summed E-state index contributed by atoms with van der Waals surface area (Å²) in [5, 5.41) is 8.79. The minimum Gasteiger partial charge on any atom is -0.478 e. The molecular formula is C9H13N3O4. The molecule has 0 fully saturated rings. The molecule has 2 N–H and O–H groups in total. The van der Waals surface area contributed by atoms with Crippen LogP contribution in [-0.4, -0.2) is 32.9 Å². The topological polar surface area (TPSA) is 93.5 Å². The zero-order valence-corrected chi connectivity index (χ0v) is 8.95. The summed E-state index contributed by atoms with van der Waals surface area (Å²) in [7, 11) is 0. The van der Waals surface area contributed by atoms with E-state index in [9.17, 15) is 9.59 Å². The number of carboxylic acid groups (broad SMARTS) is 1. The van der Waals surface area contributed by atoms with Crippen molar-refractivity contribution in [3.63, 3.8) is 0 Å². The first-order valence-corrected chi connectivity index (χ1v) is 4.69. The fourth-order valence-corrected chi connectivity index (χ4v) is 1.04. The number of nitrogens with one attached hydrogen (secondary N) is 1. The second kappa shape index (κ2) is 5.15. The van der Waals surface area contributed by atoms with Crippen LogP contribution in [0.1, 0.15) is 13.8 Å². The fraction of sp³-hybridized carbons (Fsp3) is 0.444. The monoisotopic (exact) mass is 227 g/mol. The van der Waals surface area contributed by atoms with Crippen LogP contribution in [0, 0.1) is 5.92 Å². The Morgan fingerprint density at radius 2 is 2.19 bits per heavy atom. The van der Waals surface area contributed by atoms with Gasteiger partial charge in [-0.15, -0.1) is 0 Å². The van der Waals surface area contributed by atoms with Gasteiger partial charge in [-0.05, 0) is 0 Å². The summed E-state index contributed by atoms with van der Waals surface area (Å²) in [6.45, 7) is 3.31. The molecule has 1 atom stereocenters. The highest BCUT2D eigenvalue weighted by molar-refractivity contribution is 5.81. The Kier molecular flexibility index (Phi) is 3.87. The minimum absolute atomic E-state index is 0.300. The van der Waals surface area contributed by atoms with Crippen molar-refractivity contribution < 1.29 is 19.4 Å². The van der Waals surface area contributed by atoms with E-state index in [1.807, 2.05) is 0 Å². The molecule has 1 aromatic rings. The Balaban J connectivity index is 2.52. The molecule has 1 heterocycles. The summed E-state index contributed by atoms with van der Waals surface area (Å²) < 4.78 is 6.01. The first-order valence-electron chi connectivity index (χ1n) is 4.69. The second-order valence-electron chi connectivity index (χ2n) is 3.49. The molecule has 7 heteroatoms. The number of ether oxygens (including phenoxy) is 1. The summed E-state index contributed by atoms with van der Waals surface area (Å²) in [5.74, 6) is -1.47. The van der Waals surface area contributed by atoms with Gasteiger partial charge in [0.2, 0.25) is 6.10 Å². The van der Waals surface area contributed by atoms with Crippen LogP contribution in [0.4, 0.5) is 4.79 Å². The number of aromatic nitrogens is 2. The van der Waals surface area contributed by atoms with Crippen molar-refractivity contribution in [3.05, 3.63) is 18.7 Å². The van der Waals surface area contributed by atoms with Crippen molar-refractivity contribution in [3.8, 4) is 0 Å². The van der Waals surface area contributed by atoms with E-state index in [0.717, 1.165) is 0 Å². The maximum absolute atomic E-state index is 11.3. The number of carbonyl (C=O) groups is 2. The summed E-state index contributed by atoms with van der Waals surface area (Å²) in [6, 6.07) is 0. The van der Waals surface area contributed by atoms with E-state index in [-0.39, 0.29) is 5.92 Å². The number of carbonyl (C=O) groups excluding carboxylic acids is 1. The van der Waals surface area contributed by atoms with Gasteiger partial charge in [0.15, 0.2) is 0 Å². The van der Waals surface area contributed by atoms with Gasteiger partial charge in [0.1, 0.15) is 6.33 Å². The van der Waals surface area contributed by atoms with Gasteiger partial charge in [-0.2, -0.15) is 0 Å². The van der Waals surface area contributed by atoms with Crippen LogP contribution < -0.4 is 5.43 Å². The Hall–Kier alpha value is -2.05. The molecule has 0 saturated heterocycles. The highest BCUT2D eigenvalue weighted by Crippen LogP contribution is 2.07. The second-order valence-corrected chi connectivity index (χ2v) is 3.49. The lowest BCUT2D eigenvalue weighted by Crippen LogP contribution is -2.35. The molecule has 0 aliphatic rings. The largest absolute Gasteiger partial charge is 0.478 e. The van der Waals surface area contributed by atoms with Crippen LogP contribution in [0.3, 0.4) is 0 Å². The van der Waals surface area contributed by atoms with Crippen molar-refractivity contribution in [2.75, 3.05) is 5.43 Å². The van der Waals surface area contributed by atoms with E-state index in [1.54, 1.807) is 13.8 Å². The van der Waals surface area contributed by atoms with E-state index >= 15 is 0 Å². The minimum atomic E-state index is -1.17. The molecule has 1 rings (SSSR count). The molecule has 0 aliphatic heterocycles. The molecule has 1 aromatic heterocycles. The van der Waals surface area contributed by atoms with Gasteiger partial charge in [0.25, 0.3) is 0 Å². The number of rotatable bonds is 4. The molecule has 1 amide bonds. The molecule has 0 bridgehead atoms. The van der Waals surface area contributed by atoms with Crippen molar-refractivity contribution in [1.82, 2.24) is 9.66 Å². The number of amides is 1. The molecule has 0 radical (unpaired) electrons. The predicted molar refractivity (Wildman–Crippen MR) is 54.3 cm³/mol. The number of nitrogens with zero attached hydrogens (tertiary/aromatic N) is 2. The van der Waals surface area contributed by atoms with Gasteiger partial charge in [-0.1, -0.05) is 13.8 Å². The molecular weight excluding hydrogens is 214 g/mol. The molecule has 0 spiro atoms. The number of imidazole rings is 1. The molecule has 88 valence electrons. The van der Waals surface area contributed by atoms with Crippen LogP contribution in [0.2, 0.25) is 0 Å². The molecule has 0 saturated carbocycles. The van der Waals surface area contributed by atoms with Crippen molar-refractivity contribution in [2.24, 2.45) is 5.92 Å². The maximum Gasteiger partial charge on any atom is 0.427 e. The van der Waals surface area contributed by atoms with Gasteiger partial charge in [-0.3, -0.25) is 0 Å². The smallest absolute Gasteiger partial charge is 0.427 e. The predicted octanol–water partition coefficient (Wildman–Crippen LogP) is 0.672. The molecule has 1 unspecified atom stereocenters. The zero-order chi connectivity index (χ0) is 12.1. The molecule has 0 aromatic carbocycles. The highest BCUT2D eigenvalue weighted by Gasteiger charge is 2.25. The summed E-state index contributed by atoms with van der Waals surface area (Å²) in [6.07, 6.45) is 2.32. The van der Waals surface area contributed by atoms with Gasteiger partial charge in [0.05, 0.1) is 0 Å². The Morgan fingerprint density at radius 1 is 1.50 bits per heavy atom. The van der Waals surface area contributed by atoms with Crippen LogP contribution in [0.25, 0.3) is 0 Å². The summed E-state index contributed by atoms with van der Waals surface area (Å²) in [5.41, 5.74) is 2.29. The lowest BCUT2D eigenvalue weighted by Gasteiger charge is -2.17. The first-order chi connectivity index (χ1) is 7.50. The van der Waals surface area contributed by atoms with E-state index in [0.29, 0.717) is 0 Å². The highest BCUT2D eigenvalue weighted by atomic mass is 16.6.